The third kappa shape index (κ3) is 33.6. The van der Waals surface area contributed by atoms with Crippen molar-refractivity contribution < 1.29 is 56.8 Å². The molecule has 13 heteroatoms. The maximum absolute atomic E-state index is 12.8. The molecule has 0 saturated carbocycles. The van der Waals surface area contributed by atoms with Crippen LogP contribution in [-0.4, -0.2) is 96.0 Å². The third-order valence-electron chi connectivity index (χ3n) is 11.6. The highest BCUT2D eigenvalue weighted by molar-refractivity contribution is 7.85. The van der Waals surface area contributed by atoms with Gasteiger partial charge in [0.15, 0.2) is 12.4 Å². The lowest BCUT2D eigenvalue weighted by Gasteiger charge is -2.40. The SMILES string of the molecule is CCCCCCCC/C=C/CCCCCCCCCCCC(=O)O[C@H](COC(=O)CCCCCCCCCCCCCCCC)CO[C@H]1O[C@H](CS(=O)(=O)O)[C@@H](O)C(O)C1O. The Morgan fingerprint density at radius 3 is 1.36 bits per heavy atom. The number of hydrogen-bond acceptors (Lipinski definition) is 11. The molecule has 0 aliphatic carbocycles. The number of esters is 2. The van der Waals surface area contributed by atoms with Crippen LogP contribution in [0.1, 0.15) is 226 Å². The fourth-order valence-electron chi connectivity index (χ4n) is 7.73. The zero-order valence-corrected chi connectivity index (χ0v) is 39.4. The molecule has 0 aromatic carbocycles. The first-order valence-electron chi connectivity index (χ1n) is 24.7. The molecule has 1 aliphatic rings. The van der Waals surface area contributed by atoms with E-state index in [2.05, 4.69) is 26.0 Å². The molecule has 0 bridgehead atoms. The number of rotatable bonds is 42. The van der Waals surface area contributed by atoms with E-state index in [0.717, 1.165) is 38.5 Å². The molecule has 1 saturated heterocycles. The van der Waals surface area contributed by atoms with Crippen LogP contribution in [0.4, 0.5) is 0 Å². The van der Waals surface area contributed by atoms with E-state index in [-0.39, 0.29) is 19.4 Å². The summed E-state index contributed by atoms with van der Waals surface area (Å²) in [6.07, 6.45) is 32.5. The van der Waals surface area contributed by atoms with Crippen molar-refractivity contribution in [1.82, 2.24) is 0 Å². The van der Waals surface area contributed by atoms with E-state index in [9.17, 15) is 37.9 Å². The van der Waals surface area contributed by atoms with Gasteiger partial charge in [-0.3, -0.25) is 14.1 Å². The quantitative estimate of drug-likeness (QED) is 0.0197. The van der Waals surface area contributed by atoms with Gasteiger partial charge in [0.25, 0.3) is 10.1 Å². The Morgan fingerprint density at radius 2 is 0.934 bits per heavy atom. The average Bonchev–Trinajstić information content (AvgIpc) is 3.22. The molecule has 0 aromatic rings. The van der Waals surface area contributed by atoms with Crippen molar-refractivity contribution in [3.8, 4) is 0 Å². The van der Waals surface area contributed by atoms with E-state index < -0.39 is 71.2 Å². The van der Waals surface area contributed by atoms with Crippen molar-refractivity contribution in [3.05, 3.63) is 12.2 Å². The second-order valence-corrected chi connectivity index (χ2v) is 19.0. The maximum Gasteiger partial charge on any atom is 0.306 e. The van der Waals surface area contributed by atoms with Crippen LogP contribution in [0.25, 0.3) is 0 Å². The van der Waals surface area contributed by atoms with Gasteiger partial charge in [0.2, 0.25) is 0 Å². The zero-order chi connectivity index (χ0) is 44.8. The second-order valence-electron chi connectivity index (χ2n) is 17.5. The molecule has 6 atom stereocenters. The predicted molar refractivity (Wildman–Crippen MR) is 243 cm³/mol. The normalized spacial score (nSPS) is 20.0. The summed E-state index contributed by atoms with van der Waals surface area (Å²) >= 11 is 0. The topological polar surface area (TPSA) is 186 Å². The molecule has 4 N–H and O–H groups in total. The summed E-state index contributed by atoms with van der Waals surface area (Å²) < 4.78 is 54.2. The minimum absolute atomic E-state index is 0.166. The second kappa shape index (κ2) is 38.8. The van der Waals surface area contributed by atoms with Gasteiger partial charge in [-0.15, -0.1) is 0 Å². The molecule has 360 valence electrons. The van der Waals surface area contributed by atoms with E-state index in [1.165, 1.54) is 148 Å². The van der Waals surface area contributed by atoms with Crippen molar-refractivity contribution in [2.75, 3.05) is 19.0 Å². The number of hydrogen-bond donors (Lipinski definition) is 4. The van der Waals surface area contributed by atoms with E-state index >= 15 is 0 Å². The van der Waals surface area contributed by atoms with Crippen LogP contribution in [0, 0.1) is 0 Å². The van der Waals surface area contributed by atoms with E-state index in [1.54, 1.807) is 0 Å². The standard InChI is InChI=1S/C48H90O12S/c1-3-5-7-9-11-13-15-17-19-20-21-22-23-25-27-29-31-33-35-37-44(50)59-41(39-58-48-47(53)46(52)45(51)42(60-48)40-61(54,55)56)38-57-43(49)36-34-32-30-28-26-24-18-16-14-12-10-8-6-4-2/h17,19,41-42,45-48,51-53H,3-16,18,20-40H2,1-2H3,(H,54,55,56)/b19-17+/t41-,42-,45-,46?,47?,48+/m1/s1. The number of aliphatic hydroxyl groups excluding tert-OH is 3. The van der Waals surface area contributed by atoms with Gasteiger partial charge in [-0.25, -0.2) is 0 Å². The van der Waals surface area contributed by atoms with E-state index in [1.807, 2.05) is 0 Å². The highest BCUT2D eigenvalue weighted by Gasteiger charge is 2.46. The van der Waals surface area contributed by atoms with Crippen LogP contribution in [0.15, 0.2) is 12.2 Å². The van der Waals surface area contributed by atoms with Gasteiger partial charge < -0.3 is 34.3 Å². The highest BCUT2D eigenvalue weighted by atomic mass is 32.2. The van der Waals surface area contributed by atoms with Crippen molar-refractivity contribution in [1.29, 1.82) is 0 Å². The van der Waals surface area contributed by atoms with Gasteiger partial charge in [0.05, 0.1) is 6.61 Å². The molecule has 2 unspecified atom stereocenters. The number of carbonyl (C=O) groups excluding carboxylic acids is 2. The molecule has 61 heavy (non-hydrogen) atoms. The summed E-state index contributed by atoms with van der Waals surface area (Å²) in [6.45, 7) is 3.78. The molecular formula is C48H90O12S. The smallest absolute Gasteiger partial charge is 0.306 e. The minimum Gasteiger partial charge on any atom is -0.462 e. The number of allylic oxidation sites excluding steroid dienone is 2. The molecule has 0 aromatic heterocycles. The fraction of sp³-hybridized carbons (Fsp3) is 0.917. The summed E-state index contributed by atoms with van der Waals surface area (Å²) in [6, 6.07) is 0. The van der Waals surface area contributed by atoms with Crippen molar-refractivity contribution in [2.45, 2.75) is 263 Å². The number of ether oxygens (including phenoxy) is 4. The van der Waals surface area contributed by atoms with Gasteiger partial charge in [-0.2, -0.15) is 8.42 Å². The van der Waals surface area contributed by atoms with Gasteiger partial charge >= 0.3 is 11.9 Å². The fourth-order valence-corrected chi connectivity index (χ4v) is 8.42. The highest BCUT2D eigenvalue weighted by Crippen LogP contribution is 2.24. The Morgan fingerprint density at radius 1 is 0.541 bits per heavy atom. The molecule has 1 aliphatic heterocycles. The minimum atomic E-state index is -4.60. The summed E-state index contributed by atoms with van der Waals surface area (Å²) in [4.78, 5) is 25.5. The molecular weight excluding hydrogens is 801 g/mol. The Hall–Kier alpha value is -1.61. The molecule has 1 fully saturated rings. The molecule has 0 radical (unpaired) electrons. The van der Waals surface area contributed by atoms with E-state index in [0.29, 0.717) is 12.8 Å². The Bertz CT molecular complexity index is 1180. The number of carbonyl (C=O) groups is 2. The molecule has 0 spiro atoms. The molecule has 1 rings (SSSR count). The Labute approximate surface area is 371 Å². The van der Waals surface area contributed by atoms with Gasteiger partial charge in [-0.05, 0) is 38.5 Å². The van der Waals surface area contributed by atoms with Crippen LogP contribution < -0.4 is 0 Å². The molecule has 0 amide bonds. The van der Waals surface area contributed by atoms with Gasteiger partial charge in [0.1, 0.15) is 36.8 Å². The first-order valence-corrected chi connectivity index (χ1v) is 26.4. The number of unbranched alkanes of at least 4 members (excludes halogenated alkanes) is 28. The van der Waals surface area contributed by atoms with Crippen LogP contribution >= 0.6 is 0 Å². The summed E-state index contributed by atoms with van der Waals surface area (Å²) in [5.41, 5.74) is 0. The Balaban J connectivity index is 2.39. The maximum atomic E-state index is 12.8. The average molecular weight is 891 g/mol. The number of aliphatic hydroxyl groups is 3. The predicted octanol–water partition coefficient (Wildman–Crippen LogP) is 10.6. The van der Waals surface area contributed by atoms with E-state index in [4.69, 9.17) is 18.9 Å². The lowest BCUT2D eigenvalue weighted by molar-refractivity contribution is -0.297. The van der Waals surface area contributed by atoms with Gasteiger partial charge in [0, 0.05) is 12.8 Å². The van der Waals surface area contributed by atoms with Gasteiger partial charge in [-0.1, -0.05) is 187 Å². The third-order valence-corrected chi connectivity index (χ3v) is 12.3. The first kappa shape index (κ1) is 57.4. The summed E-state index contributed by atoms with van der Waals surface area (Å²) in [5, 5.41) is 30.9. The van der Waals surface area contributed by atoms with Crippen LogP contribution in [0.2, 0.25) is 0 Å². The zero-order valence-electron chi connectivity index (χ0n) is 38.5. The van der Waals surface area contributed by atoms with Crippen molar-refractivity contribution in [2.24, 2.45) is 0 Å². The monoisotopic (exact) mass is 891 g/mol. The van der Waals surface area contributed by atoms with Crippen molar-refractivity contribution in [3.63, 3.8) is 0 Å². The van der Waals surface area contributed by atoms with Crippen LogP contribution in [-0.2, 0) is 38.7 Å². The summed E-state index contributed by atoms with van der Waals surface area (Å²) in [7, 11) is -4.60. The van der Waals surface area contributed by atoms with Crippen molar-refractivity contribution >= 4 is 22.1 Å². The summed E-state index contributed by atoms with van der Waals surface area (Å²) in [5.74, 6) is -1.97. The lowest BCUT2D eigenvalue weighted by Crippen LogP contribution is -2.60. The molecule has 1 heterocycles. The van der Waals surface area contributed by atoms with Crippen LogP contribution in [0.5, 0.6) is 0 Å². The lowest BCUT2D eigenvalue weighted by atomic mass is 10.00. The van der Waals surface area contributed by atoms with Crippen LogP contribution in [0.3, 0.4) is 0 Å². The first-order chi connectivity index (χ1) is 29.5. The largest absolute Gasteiger partial charge is 0.462 e. The Kier molecular flexibility index (Phi) is 36.5. The molecule has 12 nitrogen and oxygen atoms in total.